The van der Waals surface area contributed by atoms with E-state index in [9.17, 15) is 28.4 Å². The fraction of sp³-hybridized carbons (Fsp3) is 0.527. The molecule has 11 rings (SSSR count). The molecule has 2 aromatic heterocycles. The maximum atomic E-state index is 14.7. The minimum absolute atomic E-state index is 0.106. The number of aromatic nitrogens is 2. The number of anilines is 5. The van der Waals surface area contributed by atoms with Crippen molar-refractivity contribution in [2.75, 3.05) is 85.7 Å². The summed E-state index contributed by atoms with van der Waals surface area (Å²) in [5, 5.41) is 26.8. The summed E-state index contributed by atoms with van der Waals surface area (Å²) in [4.78, 5) is 44.0. The predicted octanol–water partition coefficient (Wildman–Crippen LogP) is 8.64. The Kier molecular flexibility index (Phi) is 13.4. The second-order valence-corrected chi connectivity index (χ2v) is 23.9. The van der Waals surface area contributed by atoms with Crippen LogP contribution in [0.4, 0.5) is 34.3 Å². The van der Waals surface area contributed by atoms with Gasteiger partial charge in [0, 0.05) is 75.3 Å². The number of sulfonamides is 1. The number of hydrogen-bond donors (Lipinski definition) is 4. The van der Waals surface area contributed by atoms with Crippen LogP contribution >= 0.6 is 0 Å². The van der Waals surface area contributed by atoms with E-state index in [1.165, 1.54) is 23.3 Å². The third kappa shape index (κ3) is 9.88. The molecule has 4 aliphatic heterocycles. The molecule has 17 nitrogen and oxygen atoms in total. The molecular formula is C55H69N9O8S. The summed E-state index contributed by atoms with van der Waals surface area (Å²) in [5.41, 5.74) is 5.25. The van der Waals surface area contributed by atoms with Crippen molar-refractivity contribution in [2.24, 2.45) is 11.3 Å². The third-order valence-corrected chi connectivity index (χ3v) is 18.3. The van der Waals surface area contributed by atoms with Gasteiger partial charge in [-0.1, -0.05) is 38.1 Å². The number of piperidine rings is 1. The van der Waals surface area contributed by atoms with Crippen LogP contribution in [0, 0.1) is 21.4 Å². The molecule has 2 atom stereocenters. The molecule has 6 aliphatic rings. The monoisotopic (exact) mass is 1020 g/mol. The molecule has 5 fully saturated rings. The highest BCUT2D eigenvalue weighted by Gasteiger charge is 2.50. The van der Waals surface area contributed by atoms with Gasteiger partial charge < -0.3 is 39.6 Å². The number of morpholine rings is 1. The van der Waals surface area contributed by atoms with Gasteiger partial charge in [-0.3, -0.25) is 19.8 Å². The van der Waals surface area contributed by atoms with Crippen molar-refractivity contribution in [3.63, 3.8) is 0 Å². The fourth-order valence-corrected chi connectivity index (χ4v) is 13.7. The number of rotatable bonds is 12. The van der Waals surface area contributed by atoms with Gasteiger partial charge in [-0.2, -0.15) is 0 Å². The van der Waals surface area contributed by atoms with Gasteiger partial charge in [0.15, 0.2) is 5.82 Å². The van der Waals surface area contributed by atoms with Gasteiger partial charge in [0.2, 0.25) is 0 Å². The predicted molar refractivity (Wildman–Crippen MR) is 283 cm³/mol. The lowest BCUT2D eigenvalue weighted by Crippen LogP contribution is -2.58. The van der Waals surface area contributed by atoms with E-state index in [4.69, 9.17) is 14.5 Å². The van der Waals surface area contributed by atoms with Gasteiger partial charge in [0.25, 0.3) is 21.6 Å². The van der Waals surface area contributed by atoms with Crippen LogP contribution in [0.25, 0.3) is 11.0 Å². The molecule has 1 spiro atoms. The molecule has 2 saturated carbocycles. The molecule has 3 saturated heterocycles. The van der Waals surface area contributed by atoms with Crippen molar-refractivity contribution in [2.45, 2.75) is 113 Å². The summed E-state index contributed by atoms with van der Waals surface area (Å²) in [6.07, 6.45) is 9.88. The number of hydrogen-bond acceptors (Lipinski definition) is 14. The normalized spacial score (nSPS) is 24.7. The van der Waals surface area contributed by atoms with Crippen LogP contribution in [0.1, 0.15) is 112 Å². The molecule has 1 amide bonds. The highest BCUT2D eigenvalue weighted by molar-refractivity contribution is 7.90. The average molecular weight is 1020 g/mol. The lowest BCUT2D eigenvalue weighted by Gasteiger charge is -2.57. The molecule has 388 valence electrons. The summed E-state index contributed by atoms with van der Waals surface area (Å²) in [6, 6.07) is 22.8. The topological polar surface area (TPSA) is 199 Å². The number of pyridine rings is 1. The first-order valence-electron chi connectivity index (χ1n) is 26.4. The number of nitro groups is 1. The number of aromatic amines is 1. The highest BCUT2D eigenvalue weighted by atomic mass is 32.2. The number of carbonyl (C=O) groups excluding carboxylic acids is 1. The number of fused-ring (bicyclic) bond motifs is 4. The van der Waals surface area contributed by atoms with E-state index in [-0.39, 0.29) is 34.7 Å². The largest absolute Gasteiger partial charge is 0.390 e. The number of carbonyl (C=O) groups is 1. The van der Waals surface area contributed by atoms with Gasteiger partial charge in [-0.25, -0.2) is 18.1 Å². The van der Waals surface area contributed by atoms with E-state index in [0.717, 1.165) is 112 Å². The van der Waals surface area contributed by atoms with Crippen LogP contribution in [0.2, 0.25) is 0 Å². The van der Waals surface area contributed by atoms with Crippen LogP contribution in [0.3, 0.4) is 0 Å². The second-order valence-electron chi connectivity index (χ2n) is 22.2. The van der Waals surface area contributed by atoms with Crippen molar-refractivity contribution in [3.05, 3.63) is 106 Å². The first-order chi connectivity index (χ1) is 35.1. The standard InChI is InChI=1S/C55H69N9O8S/c1-36(2)43-7-4-5-8-44(43)50-35-72-26-24-61(50)40-30-55(31-40)18-22-60(23-19-55)39-9-11-45(47(28-39)63-33-41-34-71-25-6-21-62(41)52-49(63)27-38-15-20-56-51(38)58-52)53(65)59-73(69,70)42-10-12-46(48(29-42)64(67)68)57-32-37-13-16-54(3,66)17-14-37/h4-5,7-12,15,20,27-29,36-37,40-41,50,57,66H,6,13-14,16-19,21-26,30-35H2,1-3H3,(H,56,58)(H,59,65)/t37?,41-,50+,54?/m1/s1. The zero-order valence-electron chi connectivity index (χ0n) is 42.2. The lowest BCUT2D eigenvalue weighted by molar-refractivity contribution is -0.384. The summed E-state index contributed by atoms with van der Waals surface area (Å²) in [5.74, 6) is 0.536. The van der Waals surface area contributed by atoms with Crippen LogP contribution in [0.15, 0.2) is 83.9 Å². The van der Waals surface area contributed by atoms with Crippen molar-refractivity contribution < 1.29 is 32.7 Å². The molecule has 3 aromatic carbocycles. The first kappa shape index (κ1) is 49.4. The quantitative estimate of drug-likeness (QED) is 0.0684. The molecule has 0 unspecified atom stereocenters. The Bertz CT molecular complexity index is 2970. The Labute approximate surface area is 427 Å². The van der Waals surface area contributed by atoms with Gasteiger partial charge in [-0.05, 0) is 136 Å². The fourth-order valence-electron chi connectivity index (χ4n) is 12.8. The minimum atomic E-state index is -4.60. The smallest absolute Gasteiger partial charge is 0.293 e. The van der Waals surface area contributed by atoms with E-state index in [1.807, 2.05) is 31.3 Å². The average Bonchev–Trinajstić information content (AvgIpc) is 3.71. The van der Waals surface area contributed by atoms with Crippen LogP contribution in [-0.4, -0.2) is 123 Å². The zero-order valence-corrected chi connectivity index (χ0v) is 43.0. The number of nitrogens with zero attached hydrogens (tertiary/aromatic N) is 6. The molecule has 18 heteroatoms. The van der Waals surface area contributed by atoms with Crippen molar-refractivity contribution in [1.82, 2.24) is 19.6 Å². The number of nitrogens with one attached hydrogen (secondary N) is 3. The van der Waals surface area contributed by atoms with Crippen molar-refractivity contribution >= 4 is 61.2 Å². The molecule has 2 aliphatic carbocycles. The lowest BCUT2D eigenvalue weighted by atomic mass is 9.59. The van der Waals surface area contributed by atoms with Gasteiger partial charge in [-0.15, -0.1) is 0 Å². The molecular weight excluding hydrogens is 947 g/mol. The Hall–Kier alpha value is -5.79. The van der Waals surface area contributed by atoms with E-state index in [2.05, 4.69) is 78.8 Å². The molecule has 0 bridgehead atoms. The van der Waals surface area contributed by atoms with Gasteiger partial charge in [0.05, 0.1) is 64.3 Å². The Morgan fingerprint density at radius 1 is 0.932 bits per heavy atom. The summed E-state index contributed by atoms with van der Waals surface area (Å²) in [6.45, 7) is 13.1. The minimum Gasteiger partial charge on any atom is -0.390 e. The summed E-state index contributed by atoms with van der Waals surface area (Å²) >= 11 is 0. The molecule has 6 heterocycles. The Morgan fingerprint density at radius 3 is 2.49 bits per heavy atom. The van der Waals surface area contributed by atoms with E-state index in [1.54, 1.807) is 6.07 Å². The maximum absolute atomic E-state index is 14.7. The molecule has 5 aromatic rings. The zero-order chi connectivity index (χ0) is 50.6. The maximum Gasteiger partial charge on any atom is 0.293 e. The second kappa shape index (κ2) is 19.8. The number of aliphatic hydroxyl groups is 1. The Morgan fingerprint density at radius 2 is 1.71 bits per heavy atom. The van der Waals surface area contributed by atoms with Crippen molar-refractivity contribution in [1.29, 1.82) is 0 Å². The van der Waals surface area contributed by atoms with Gasteiger partial charge in [0.1, 0.15) is 11.3 Å². The van der Waals surface area contributed by atoms with E-state index >= 15 is 0 Å². The number of H-pyrrole nitrogens is 1. The summed E-state index contributed by atoms with van der Waals surface area (Å²) in [7, 11) is -4.60. The highest BCUT2D eigenvalue weighted by Crippen LogP contribution is 2.54. The SMILES string of the molecule is CC(C)c1ccccc1[C@@H]1COCCN1C1CC2(CCN(c3ccc(C(=O)NS(=O)(=O)c4ccc(NCC5CCC(C)(O)CC5)c([N+](=O)[O-])c4)c(N4C[C@@H]5COCCCN5c5nc6[nH]ccc6cc54)c3)CC2)C1. The molecule has 4 N–H and O–H groups in total. The number of benzene rings is 3. The van der Waals surface area contributed by atoms with Crippen molar-refractivity contribution in [3.8, 4) is 0 Å². The number of ether oxygens (including phenoxy) is 2. The van der Waals surface area contributed by atoms with E-state index < -0.39 is 37.0 Å². The first-order valence-corrected chi connectivity index (χ1v) is 27.9. The van der Waals surface area contributed by atoms with Crippen LogP contribution in [0.5, 0.6) is 0 Å². The van der Waals surface area contributed by atoms with Crippen LogP contribution < -0.4 is 24.7 Å². The third-order valence-electron chi connectivity index (χ3n) is 17.0. The van der Waals surface area contributed by atoms with Gasteiger partial charge >= 0.3 is 0 Å². The number of nitro benzene ring substituents is 1. The van der Waals surface area contributed by atoms with Crippen LogP contribution in [-0.2, 0) is 19.5 Å². The summed E-state index contributed by atoms with van der Waals surface area (Å²) < 4.78 is 42.9. The molecule has 0 radical (unpaired) electrons. The Balaban J connectivity index is 0.864. The van der Waals surface area contributed by atoms with E-state index in [0.29, 0.717) is 63.4 Å². The molecule has 73 heavy (non-hydrogen) atoms. The number of amides is 1.